The first-order chi connectivity index (χ1) is 7.43. The zero-order valence-electron chi connectivity index (χ0n) is 7.84. The fourth-order valence-electron chi connectivity index (χ4n) is 0.791. The normalized spacial score (nSPS) is 11.5. The Morgan fingerprint density at radius 1 is 1.38 bits per heavy atom. The Morgan fingerprint density at radius 2 is 2.06 bits per heavy atom. The largest absolute Gasteiger partial charge is 0.297 e. The van der Waals surface area contributed by atoms with Gasteiger partial charge in [0.05, 0.1) is 0 Å². The first-order valence-electron chi connectivity index (χ1n) is 4.20. The Hall–Kier alpha value is 0.190. The lowest BCUT2D eigenvalue weighted by molar-refractivity contribution is -0.115. The highest BCUT2D eigenvalue weighted by Gasteiger charge is 2.31. The second-order valence-electron chi connectivity index (χ2n) is 2.75. The number of amides is 1. The van der Waals surface area contributed by atoms with E-state index in [4.69, 9.17) is 46.4 Å². The van der Waals surface area contributed by atoms with Gasteiger partial charge in [0.15, 0.2) is 0 Å². The first-order valence-corrected chi connectivity index (χ1v) is 6.68. The molecule has 0 spiro atoms. The molecule has 9 heteroatoms. The van der Waals surface area contributed by atoms with E-state index in [-0.39, 0.29) is 0 Å². The summed E-state index contributed by atoms with van der Waals surface area (Å²) in [5.74, 6) is -0.201. The molecule has 1 aromatic heterocycles. The van der Waals surface area contributed by atoms with Gasteiger partial charge in [-0.15, -0.1) is 21.8 Å². The predicted molar refractivity (Wildman–Crippen MR) is 67.9 cm³/mol. The number of aryl methyl sites for hydroxylation is 1. The van der Waals surface area contributed by atoms with E-state index in [9.17, 15) is 4.79 Å². The fraction of sp³-hybridized carbons (Fsp3) is 0.571. The van der Waals surface area contributed by atoms with Crippen molar-refractivity contribution in [3.63, 3.8) is 0 Å². The topological polar surface area (TPSA) is 54.9 Å². The Bertz CT molecular complexity index is 365. The van der Waals surface area contributed by atoms with Gasteiger partial charge in [-0.3, -0.25) is 10.1 Å². The number of rotatable bonds is 4. The Kier molecular flexibility index (Phi) is 5.53. The number of nitrogens with zero attached hydrogens (tertiary/aromatic N) is 2. The Labute approximate surface area is 116 Å². The molecule has 0 saturated carbocycles. The summed E-state index contributed by atoms with van der Waals surface area (Å²) in [5, 5.41) is 11.0. The van der Waals surface area contributed by atoms with Crippen molar-refractivity contribution in [3.8, 4) is 0 Å². The zero-order chi connectivity index (χ0) is 12.2. The van der Waals surface area contributed by atoms with Crippen LogP contribution in [0.15, 0.2) is 0 Å². The average molecular weight is 323 g/mol. The molecule has 0 radical (unpaired) electrons. The maximum absolute atomic E-state index is 11.3. The molecule has 0 aromatic carbocycles. The third kappa shape index (κ3) is 4.59. The lowest BCUT2D eigenvalue weighted by Crippen LogP contribution is -2.26. The molecule has 0 aliphatic carbocycles. The second-order valence-corrected chi connectivity index (χ2v) is 6.47. The van der Waals surface area contributed by atoms with Crippen molar-refractivity contribution in [2.75, 3.05) is 11.2 Å². The SMILES string of the molecule is O=C(Nc1nnc(CCCCl)s1)C(Cl)(Cl)Cl. The van der Waals surface area contributed by atoms with Crippen molar-refractivity contribution in [2.45, 2.75) is 16.6 Å². The van der Waals surface area contributed by atoms with Crippen LogP contribution in [0.1, 0.15) is 11.4 Å². The number of hydrogen-bond acceptors (Lipinski definition) is 4. The quantitative estimate of drug-likeness (QED) is 0.867. The van der Waals surface area contributed by atoms with Crippen LogP contribution in [0.2, 0.25) is 0 Å². The molecule has 0 aliphatic rings. The van der Waals surface area contributed by atoms with Gasteiger partial charge in [0.25, 0.3) is 9.70 Å². The molecule has 0 bridgehead atoms. The van der Waals surface area contributed by atoms with E-state index < -0.39 is 9.70 Å². The number of alkyl halides is 4. The third-order valence-electron chi connectivity index (χ3n) is 1.47. The summed E-state index contributed by atoms with van der Waals surface area (Å²) in [7, 11) is 0. The van der Waals surface area contributed by atoms with E-state index in [2.05, 4.69) is 15.5 Å². The van der Waals surface area contributed by atoms with Crippen molar-refractivity contribution in [3.05, 3.63) is 5.01 Å². The van der Waals surface area contributed by atoms with Gasteiger partial charge in [0.2, 0.25) is 5.13 Å². The molecular formula is C7H7Cl4N3OS. The van der Waals surface area contributed by atoms with Crippen LogP contribution >= 0.6 is 57.7 Å². The second kappa shape index (κ2) is 6.21. The van der Waals surface area contributed by atoms with Crippen molar-refractivity contribution in [2.24, 2.45) is 0 Å². The molecule has 0 aliphatic heterocycles. The fourth-order valence-corrected chi connectivity index (χ4v) is 1.84. The number of carbonyl (C=O) groups excluding carboxylic acids is 1. The van der Waals surface area contributed by atoms with Crippen LogP contribution in [0.4, 0.5) is 5.13 Å². The summed E-state index contributed by atoms with van der Waals surface area (Å²) >= 11 is 22.9. The average Bonchev–Trinajstić information content (AvgIpc) is 2.61. The number of carbonyl (C=O) groups is 1. The summed E-state index contributed by atoms with van der Waals surface area (Å²) in [6, 6.07) is 0. The predicted octanol–water partition coefficient (Wildman–Crippen LogP) is 3.02. The molecule has 0 saturated heterocycles. The number of aromatic nitrogens is 2. The van der Waals surface area contributed by atoms with Crippen molar-refractivity contribution < 1.29 is 4.79 Å². The number of anilines is 1. The smallest absolute Gasteiger partial charge is 0.278 e. The van der Waals surface area contributed by atoms with E-state index in [0.717, 1.165) is 11.4 Å². The standard InChI is InChI=1S/C7H7Cl4N3OS/c8-3-1-2-4-13-14-6(16-4)12-5(15)7(9,10)11/h1-3H2,(H,12,14,15). The van der Waals surface area contributed by atoms with Crippen LogP contribution in [-0.2, 0) is 11.2 Å². The Balaban J connectivity index is 2.55. The minimum Gasteiger partial charge on any atom is -0.297 e. The maximum atomic E-state index is 11.3. The van der Waals surface area contributed by atoms with Gasteiger partial charge in [-0.05, 0) is 6.42 Å². The summed E-state index contributed by atoms with van der Waals surface area (Å²) in [5.41, 5.74) is 0. The molecule has 1 amide bonds. The van der Waals surface area contributed by atoms with E-state index in [1.54, 1.807) is 0 Å². The van der Waals surface area contributed by atoms with E-state index in [1.807, 2.05) is 0 Å². The zero-order valence-corrected chi connectivity index (χ0v) is 11.7. The molecule has 0 unspecified atom stereocenters. The van der Waals surface area contributed by atoms with Crippen LogP contribution < -0.4 is 5.32 Å². The van der Waals surface area contributed by atoms with Crippen LogP contribution in [0.5, 0.6) is 0 Å². The third-order valence-corrected chi connectivity index (χ3v) is 3.15. The molecule has 1 rings (SSSR count). The maximum Gasteiger partial charge on any atom is 0.278 e. The summed E-state index contributed by atoms with van der Waals surface area (Å²) in [6.45, 7) is 0. The van der Waals surface area contributed by atoms with Crippen molar-refractivity contribution in [1.29, 1.82) is 0 Å². The Morgan fingerprint density at radius 3 is 2.62 bits per heavy atom. The molecule has 1 heterocycles. The van der Waals surface area contributed by atoms with Crippen molar-refractivity contribution in [1.82, 2.24) is 10.2 Å². The minimum absolute atomic E-state index is 0.306. The van der Waals surface area contributed by atoms with Crippen molar-refractivity contribution >= 4 is 68.8 Å². The molecule has 0 atom stereocenters. The highest BCUT2D eigenvalue weighted by molar-refractivity contribution is 7.15. The molecule has 90 valence electrons. The lowest BCUT2D eigenvalue weighted by Gasteiger charge is -2.07. The molecule has 16 heavy (non-hydrogen) atoms. The molecular weight excluding hydrogens is 316 g/mol. The van der Waals surface area contributed by atoms with Crippen LogP contribution in [0, 0.1) is 0 Å². The van der Waals surface area contributed by atoms with Gasteiger partial charge in [-0.2, -0.15) is 0 Å². The molecule has 1 N–H and O–H groups in total. The number of halogens is 4. The number of hydrogen-bond donors (Lipinski definition) is 1. The highest BCUT2D eigenvalue weighted by atomic mass is 35.6. The van der Waals surface area contributed by atoms with Crippen LogP contribution in [-0.4, -0.2) is 25.8 Å². The summed E-state index contributed by atoms with van der Waals surface area (Å²) in [6.07, 6.45) is 1.51. The number of nitrogens with one attached hydrogen (secondary N) is 1. The molecule has 4 nitrogen and oxygen atoms in total. The van der Waals surface area contributed by atoms with E-state index in [1.165, 1.54) is 11.3 Å². The molecule has 0 fully saturated rings. The van der Waals surface area contributed by atoms with Gasteiger partial charge in [-0.25, -0.2) is 0 Å². The van der Waals surface area contributed by atoms with Gasteiger partial charge >= 0.3 is 0 Å². The van der Waals surface area contributed by atoms with E-state index >= 15 is 0 Å². The van der Waals surface area contributed by atoms with Gasteiger partial charge in [-0.1, -0.05) is 46.1 Å². The van der Waals surface area contributed by atoms with Gasteiger partial charge in [0, 0.05) is 12.3 Å². The first kappa shape index (κ1) is 14.3. The highest BCUT2D eigenvalue weighted by Crippen LogP contribution is 2.28. The summed E-state index contributed by atoms with van der Waals surface area (Å²) < 4.78 is -2.00. The minimum atomic E-state index is -2.00. The van der Waals surface area contributed by atoms with Gasteiger partial charge in [0.1, 0.15) is 5.01 Å². The van der Waals surface area contributed by atoms with E-state index in [0.29, 0.717) is 17.4 Å². The molecule has 1 aromatic rings. The van der Waals surface area contributed by atoms with Crippen LogP contribution in [0.25, 0.3) is 0 Å². The monoisotopic (exact) mass is 321 g/mol. The summed E-state index contributed by atoms with van der Waals surface area (Å²) in [4.78, 5) is 11.3. The van der Waals surface area contributed by atoms with Gasteiger partial charge < -0.3 is 0 Å². The lowest BCUT2D eigenvalue weighted by atomic mass is 10.4. The van der Waals surface area contributed by atoms with Crippen LogP contribution in [0.3, 0.4) is 0 Å².